The van der Waals surface area contributed by atoms with Crippen LogP contribution in [-0.2, 0) is 6.42 Å². The van der Waals surface area contributed by atoms with Crippen LogP contribution in [0.25, 0.3) is 0 Å². The van der Waals surface area contributed by atoms with Crippen molar-refractivity contribution in [3.8, 4) is 6.07 Å². The summed E-state index contributed by atoms with van der Waals surface area (Å²) in [6.45, 7) is 3.04. The first-order chi connectivity index (χ1) is 9.81. The van der Waals surface area contributed by atoms with Crippen LogP contribution in [0.5, 0.6) is 0 Å². The highest BCUT2D eigenvalue weighted by molar-refractivity contribution is 5.62. The number of rotatable bonds is 6. The van der Waals surface area contributed by atoms with Gasteiger partial charge in [0, 0.05) is 30.2 Å². The van der Waals surface area contributed by atoms with Crippen LogP contribution in [0.1, 0.15) is 18.9 Å². The van der Waals surface area contributed by atoms with Crippen molar-refractivity contribution >= 4 is 17.2 Å². The van der Waals surface area contributed by atoms with E-state index in [4.69, 9.17) is 5.26 Å². The first kappa shape index (κ1) is 13.9. The summed E-state index contributed by atoms with van der Waals surface area (Å²) in [7, 11) is 0. The summed E-state index contributed by atoms with van der Waals surface area (Å²) in [5.74, 6) is 0.873. The van der Waals surface area contributed by atoms with E-state index < -0.39 is 0 Å². The van der Waals surface area contributed by atoms with Crippen LogP contribution in [-0.4, -0.2) is 11.5 Å². The van der Waals surface area contributed by atoms with E-state index in [9.17, 15) is 0 Å². The molecule has 1 aromatic carbocycles. The molecule has 0 atom stereocenters. The van der Waals surface area contributed by atoms with Crippen LogP contribution >= 0.6 is 0 Å². The van der Waals surface area contributed by atoms with Gasteiger partial charge in [0.1, 0.15) is 5.82 Å². The minimum atomic E-state index is 0.445. The normalized spacial score (nSPS) is 9.80. The molecular formula is C16H18N4. The van der Waals surface area contributed by atoms with E-state index in [0.29, 0.717) is 6.42 Å². The molecular weight excluding hydrogens is 248 g/mol. The Hall–Kier alpha value is -2.54. The lowest BCUT2D eigenvalue weighted by atomic mass is 10.1. The van der Waals surface area contributed by atoms with Crippen LogP contribution < -0.4 is 10.6 Å². The number of anilines is 3. The summed E-state index contributed by atoms with van der Waals surface area (Å²) in [6.07, 6.45) is 3.30. The van der Waals surface area contributed by atoms with E-state index in [1.807, 2.05) is 36.4 Å². The van der Waals surface area contributed by atoms with E-state index in [1.165, 1.54) is 0 Å². The van der Waals surface area contributed by atoms with Crippen LogP contribution in [0, 0.1) is 11.3 Å². The molecule has 0 aliphatic heterocycles. The number of aromatic nitrogens is 1. The van der Waals surface area contributed by atoms with Crippen molar-refractivity contribution in [3.63, 3.8) is 0 Å². The number of pyridine rings is 1. The lowest BCUT2D eigenvalue weighted by molar-refractivity contribution is 0.969. The van der Waals surface area contributed by atoms with Gasteiger partial charge in [0.05, 0.1) is 12.5 Å². The van der Waals surface area contributed by atoms with Gasteiger partial charge < -0.3 is 10.6 Å². The predicted octanol–water partition coefficient (Wildman–Crippen LogP) is 3.71. The van der Waals surface area contributed by atoms with E-state index in [-0.39, 0.29) is 0 Å². The zero-order valence-electron chi connectivity index (χ0n) is 11.6. The standard InChI is InChI=1S/C16H18N4/c1-2-10-18-16-12-15(8-11-19-16)20-14-5-3-13(4-6-14)7-9-17/h3-6,8,11-12H,2,7,10H2,1H3,(H2,18,19,20). The third kappa shape index (κ3) is 3.99. The van der Waals surface area contributed by atoms with Crippen molar-refractivity contribution in [2.45, 2.75) is 19.8 Å². The monoisotopic (exact) mass is 266 g/mol. The van der Waals surface area contributed by atoms with Gasteiger partial charge in [-0.05, 0) is 30.2 Å². The molecule has 4 nitrogen and oxygen atoms in total. The second-order valence-electron chi connectivity index (χ2n) is 4.51. The minimum Gasteiger partial charge on any atom is -0.370 e. The number of nitrogens with zero attached hydrogens (tertiary/aromatic N) is 2. The summed E-state index contributed by atoms with van der Waals surface area (Å²) in [6, 6.07) is 13.9. The largest absolute Gasteiger partial charge is 0.370 e. The zero-order valence-corrected chi connectivity index (χ0v) is 11.6. The number of benzene rings is 1. The first-order valence-corrected chi connectivity index (χ1v) is 6.74. The quantitative estimate of drug-likeness (QED) is 0.836. The third-order valence-electron chi connectivity index (χ3n) is 2.84. The Morgan fingerprint density at radius 3 is 2.65 bits per heavy atom. The van der Waals surface area contributed by atoms with Crippen molar-refractivity contribution in [3.05, 3.63) is 48.2 Å². The molecule has 0 aliphatic rings. The maximum Gasteiger partial charge on any atom is 0.127 e. The fraction of sp³-hybridized carbons (Fsp3) is 0.250. The van der Waals surface area contributed by atoms with Gasteiger partial charge in [-0.2, -0.15) is 5.26 Å². The Morgan fingerprint density at radius 1 is 1.15 bits per heavy atom. The van der Waals surface area contributed by atoms with Crippen LogP contribution in [0.4, 0.5) is 17.2 Å². The SMILES string of the molecule is CCCNc1cc(Nc2ccc(CC#N)cc2)ccn1. The molecule has 2 aromatic rings. The highest BCUT2D eigenvalue weighted by atomic mass is 15.0. The molecule has 0 spiro atoms. The summed E-state index contributed by atoms with van der Waals surface area (Å²) in [5.41, 5.74) is 3.02. The molecule has 0 amide bonds. The van der Waals surface area contributed by atoms with Crippen LogP contribution in [0.15, 0.2) is 42.6 Å². The van der Waals surface area contributed by atoms with Crippen molar-refractivity contribution in [2.75, 3.05) is 17.2 Å². The topological polar surface area (TPSA) is 60.7 Å². The van der Waals surface area contributed by atoms with E-state index in [2.05, 4.69) is 28.6 Å². The van der Waals surface area contributed by atoms with Gasteiger partial charge in [0.25, 0.3) is 0 Å². The molecule has 0 saturated carbocycles. The van der Waals surface area contributed by atoms with Crippen molar-refractivity contribution < 1.29 is 0 Å². The molecule has 2 rings (SSSR count). The molecule has 0 bridgehead atoms. The molecule has 1 heterocycles. The molecule has 1 aromatic heterocycles. The smallest absolute Gasteiger partial charge is 0.127 e. The molecule has 102 valence electrons. The van der Waals surface area contributed by atoms with Gasteiger partial charge in [0.15, 0.2) is 0 Å². The highest BCUT2D eigenvalue weighted by Gasteiger charge is 1.98. The highest BCUT2D eigenvalue weighted by Crippen LogP contribution is 2.19. The molecule has 0 fully saturated rings. The minimum absolute atomic E-state index is 0.445. The lowest BCUT2D eigenvalue weighted by Crippen LogP contribution is -2.02. The Labute approximate surface area is 119 Å². The maximum atomic E-state index is 8.65. The van der Waals surface area contributed by atoms with Crippen molar-refractivity contribution in [1.29, 1.82) is 5.26 Å². The van der Waals surface area contributed by atoms with Gasteiger partial charge in [-0.25, -0.2) is 4.98 Å². The third-order valence-corrected chi connectivity index (χ3v) is 2.84. The van der Waals surface area contributed by atoms with E-state index >= 15 is 0 Å². The number of nitriles is 1. The Bertz CT molecular complexity index is 584. The number of hydrogen-bond donors (Lipinski definition) is 2. The van der Waals surface area contributed by atoms with Gasteiger partial charge in [0.2, 0.25) is 0 Å². The molecule has 2 N–H and O–H groups in total. The Balaban J connectivity index is 2.03. The van der Waals surface area contributed by atoms with Crippen molar-refractivity contribution in [2.24, 2.45) is 0 Å². The molecule has 0 aliphatic carbocycles. The fourth-order valence-electron chi connectivity index (χ4n) is 1.82. The Morgan fingerprint density at radius 2 is 1.95 bits per heavy atom. The van der Waals surface area contributed by atoms with Gasteiger partial charge in [-0.15, -0.1) is 0 Å². The number of hydrogen-bond acceptors (Lipinski definition) is 4. The maximum absolute atomic E-state index is 8.65. The van der Waals surface area contributed by atoms with Gasteiger partial charge in [-0.3, -0.25) is 0 Å². The van der Waals surface area contributed by atoms with Gasteiger partial charge >= 0.3 is 0 Å². The van der Waals surface area contributed by atoms with Crippen molar-refractivity contribution in [1.82, 2.24) is 4.98 Å². The molecule has 20 heavy (non-hydrogen) atoms. The molecule has 4 heteroatoms. The van der Waals surface area contributed by atoms with Crippen LogP contribution in [0.2, 0.25) is 0 Å². The summed E-state index contributed by atoms with van der Waals surface area (Å²) in [4.78, 5) is 4.27. The average Bonchev–Trinajstić information content (AvgIpc) is 2.48. The molecule has 0 unspecified atom stereocenters. The lowest BCUT2D eigenvalue weighted by Gasteiger charge is -2.09. The summed E-state index contributed by atoms with van der Waals surface area (Å²) < 4.78 is 0. The van der Waals surface area contributed by atoms with Crippen LogP contribution in [0.3, 0.4) is 0 Å². The second kappa shape index (κ2) is 7.15. The summed E-state index contributed by atoms with van der Waals surface area (Å²) >= 11 is 0. The average molecular weight is 266 g/mol. The first-order valence-electron chi connectivity index (χ1n) is 6.74. The van der Waals surface area contributed by atoms with Gasteiger partial charge in [-0.1, -0.05) is 19.1 Å². The summed E-state index contributed by atoms with van der Waals surface area (Å²) in [5, 5.41) is 15.2. The van der Waals surface area contributed by atoms with E-state index in [1.54, 1.807) is 6.20 Å². The molecule has 0 saturated heterocycles. The fourth-order valence-corrected chi connectivity index (χ4v) is 1.82. The second-order valence-corrected chi connectivity index (χ2v) is 4.51. The van der Waals surface area contributed by atoms with E-state index in [0.717, 1.165) is 35.7 Å². The predicted molar refractivity (Wildman–Crippen MR) is 82.1 cm³/mol. The zero-order chi connectivity index (χ0) is 14.2. The molecule has 0 radical (unpaired) electrons. The number of nitrogens with one attached hydrogen (secondary N) is 2. The Kier molecular flexibility index (Phi) is 4.96.